The van der Waals surface area contributed by atoms with Gasteiger partial charge in [0.25, 0.3) is 12.3 Å². The number of hydrogen-bond acceptors (Lipinski definition) is 7. The van der Waals surface area contributed by atoms with Crippen LogP contribution in [0.25, 0.3) is 5.65 Å². The molecule has 2 N–H and O–H groups in total. The molecular weight excluding hydrogens is 460 g/mol. The first-order valence-corrected chi connectivity index (χ1v) is 12.0. The Kier molecular flexibility index (Phi) is 5.64. The molecule has 0 radical (unpaired) electrons. The number of halogens is 2. The third-order valence-corrected chi connectivity index (χ3v) is 7.46. The molecule has 5 heterocycles. The third kappa shape index (κ3) is 4.04. The van der Waals surface area contributed by atoms with Gasteiger partial charge in [0.15, 0.2) is 11.3 Å². The van der Waals surface area contributed by atoms with Gasteiger partial charge in [0.1, 0.15) is 11.4 Å². The van der Waals surface area contributed by atoms with Crippen molar-refractivity contribution in [3.8, 4) is 0 Å². The second kappa shape index (κ2) is 8.83. The van der Waals surface area contributed by atoms with Crippen LogP contribution in [0.4, 0.5) is 20.3 Å². The number of aliphatic hydroxyl groups excluding tert-OH is 1. The number of fused-ring (bicyclic) bond motifs is 3. The Balaban J connectivity index is 1.24. The van der Waals surface area contributed by atoms with Gasteiger partial charge in [-0.3, -0.25) is 9.48 Å². The van der Waals surface area contributed by atoms with Gasteiger partial charge in [0.2, 0.25) is 0 Å². The molecule has 3 aromatic rings. The lowest BCUT2D eigenvalue weighted by Crippen LogP contribution is -2.37. The number of morpholine rings is 1. The molecule has 1 aliphatic carbocycles. The van der Waals surface area contributed by atoms with Gasteiger partial charge < -0.3 is 20.1 Å². The summed E-state index contributed by atoms with van der Waals surface area (Å²) < 4.78 is 36.2. The first-order chi connectivity index (χ1) is 17.0. The summed E-state index contributed by atoms with van der Waals surface area (Å²) in [7, 11) is 0. The lowest BCUT2D eigenvalue weighted by atomic mass is 9.87. The summed E-state index contributed by atoms with van der Waals surface area (Å²) in [5.74, 6) is 0.413. The fraction of sp³-hybridized carbons (Fsp3) is 0.565. The highest BCUT2D eigenvalue weighted by Gasteiger charge is 2.39. The molecule has 35 heavy (non-hydrogen) atoms. The van der Waals surface area contributed by atoms with E-state index in [9.17, 15) is 18.7 Å². The van der Waals surface area contributed by atoms with Gasteiger partial charge >= 0.3 is 0 Å². The number of aliphatic hydroxyl groups is 1. The molecule has 12 heteroatoms. The molecule has 3 aliphatic rings. The number of anilines is 2. The molecule has 2 bridgehead atoms. The summed E-state index contributed by atoms with van der Waals surface area (Å²) in [4.78, 5) is 20.0. The quantitative estimate of drug-likeness (QED) is 0.550. The molecule has 10 nitrogen and oxygen atoms in total. The second-order valence-corrected chi connectivity index (χ2v) is 9.63. The predicted octanol–water partition coefficient (Wildman–Crippen LogP) is 2.82. The van der Waals surface area contributed by atoms with Crippen molar-refractivity contribution in [2.75, 3.05) is 30.0 Å². The van der Waals surface area contributed by atoms with E-state index in [-0.39, 0.29) is 42.0 Å². The highest BCUT2D eigenvalue weighted by atomic mass is 19.3. The molecule has 1 amide bonds. The minimum atomic E-state index is -2.83. The van der Waals surface area contributed by atoms with E-state index >= 15 is 0 Å². The normalized spacial score (nSPS) is 26.2. The average Bonchev–Trinajstić information content (AvgIpc) is 3.66. The number of nitrogens with zero attached hydrogens (tertiary/aromatic N) is 6. The average molecular weight is 488 g/mol. The molecule has 186 valence electrons. The van der Waals surface area contributed by atoms with Crippen LogP contribution in [0, 0.1) is 5.92 Å². The highest BCUT2D eigenvalue weighted by molar-refractivity contribution is 6.08. The van der Waals surface area contributed by atoms with Crippen LogP contribution in [-0.2, 0) is 4.74 Å². The number of hydrogen-bond donors (Lipinski definition) is 2. The lowest BCUT2D eigenvalue weighted by Gasteiger charge is -2.27. The maximum atomic E-state index is 13.8. The number of carbonyl (C=O) groups is 1. The molecule has 0 aromatic carbocycles. The van der Waals surface area contributed by atoms with E-state index in [0.717, 1.165) is 44.5 Å². The van der Waals surface area contributed by atoms with Gasteiger partial charge in [-0.1, -0.05) is 0 Å². The zero-order valence-corrected chi connectivity index (χ0v) is 19.1. The lowest BCUT2D eigenvalue weighted by molar-refractivity contribution is 0.0988. The van der Waals surface area contributed by atoms with E-state index in [2.05, 4.69) is 25.4 Å². The summed E-state index contributed by atoms with van der Waals surface area (Å²) >= 11 is 0. The van der Waals surface area contributed by atoms with Crippen molar-refractivity contribution in [2.45, 2.75) is 56.7 Å². The van der Waals surface area contributed by atoms with Gasteiger partial charge in [-0.05, 0) is 44.1 Å². The Labute approximate surface area is 199 Å². The molecule has 2 aliphatic heterocycles. The molecule has 3 fully saturated rings. The molecule has 3 aromatic heterocycles. The highest BCUT2D eigenvalue weighted by Crippen LogP contribution is 2.35. The summed E-state index contributed by atoms with van der Waals surface area (Å²) in [6.45, 7) is 1.55. The minimum Gasteiger partial charge on any atom is -0.396 e. The number of aromatic nitrogens is 5. The number of nitrogens with one attached hydrogen (secondary N) is 1. The van der Waals surface area contributed by atoms with Crippen molar-refractivity contribution in [2.24, 2.45) is 5.92 Å². The van der Waals surface area contributed by atoms with Crippen LogP contribution in [0.3, 0.4) is 0 Å². The first kappa shape index (κ1) is 22.4. The van der Waals surface area contributed by atoms with Gasteiger partial charge in [-0.15, -0.1) is 0 Å². The molecular formula is C23H27F2N7O3. The number of amides is 1. The maximum absolute atomic E-state index is 13.8. The Bertz CT molecular complexity index is 1240. The van der Waals surface area contributed by atoms with Crippen molar-refractivity contribution in [3.05, 3.63) is 35.9 Å². The molecule has 2 saturated heterocycles. The Hall–Kier alpha value is -3.12. The maximum Gasteiger partial charge on any atom is 0.284 e. The predicted molar refractivity (Wildman–Crippen MR) is 122 cm³/mol. The largest absolute Gasteiger partial charge is 0.396 e. The van der Waals surface area contributed by atoms with Gasteiger partial charge in [-0.25, -0.2) is 18.3 Å². The van der Waals surface area contributed by atoms with Crippen molar-refractivity contribution in [3.63, 3.8) is 0 Å². The molecule has 0 spiro atoms. The summed E-state index contributed by atoms with van der Waals surface area (Å²) in [5.41, 5.74) is 0.0838. The first-order valence-electron chi connectivity index (χ1n) is 12.0. The number of ether oxygens (including phenoxy) is 1. The smallest absolute Gasteiger partial charge is 0.284 e. The van der Waals surface area contributed by atoms with Gasteiger partial charge in [-0.2, -0.15) is 10.2 Å². The fourth-order valence-electron chi connectivity index (χ4n) is 5.49. The molecule has 6 rings (SSSR count). The van der Waals surface area contributed by atoms with E-state index in [4.69, 9.17) is 4.74 Å². The van der Waals surface area contributed by atoms with E-state index in [1.807, 2.05) is 6.07 Å². The van der Waals surface area contributed by atoms with Crippen LogP contribution in [-0.4, -0.2) is 67.3 Å². The van der Waals surface area contributed by atoms with Crippen LogP contribution in [0.5, 0.6) is 0 Å². The zero-order valence-electron chi connectivity index (χ0n) is 19.1. The SMILES string of the molecule is O=C(Nc1cn([C@H]2CC[C@@H](CO)CC2)nc1C(F)F)c1cnn2ccc(N3C[C@H]4C[C@@H]3CO4)nc12. The van der Waals surface area contributed by atoms with E-state index in [0.29, 0.717) is 12.3 Å². The Morgan fingerprint density at radius 1 is 1.26 bits per heavy atom. The number of carbonyl (C=O) groups excluding carboxylic acids is 1. The van der Waals surface area contributed by atoms with Crippen LogP contribution in [0.1, 0.15) is 60.6 Å². The van der Waals surface area contributed by atoms with Crippen LogP contribution >= 0.6 is 0 Å². The summed E-state index contributed by atoms with van der Waals surface area (Å²) in [6.07, 6.45) is 6.06. The van der Waals surface area contributed by atoms with E-state index in [1.165, 1.54) is 21.6 Å². The van der Waals surface area contributed by atoms with Crippen molar-refractivity contribution < 1.29 is 23.4 Å². The van der Waals surface area contributed by atoms with Crippen molar-refractivity contribution in [1.82, 2.24) is 24.4 Å². The van der Waals surface area contributed by atoms with E-state index < -0.39 is 18.0 Å². The molecule has 0 unspecified atom stereocenters. The Morgan fingerprint density at radius 3 is 2.77 bits per heavy atom. The standard InChI is InChI=1S/C23H27F2N7O3/c24-21(25)20-18(10-32(29-20)14-3-1-13(11-33)2-4-14)27-23(34)17-8-26-31-6-5-19(28-22(17)31)30-9-16-7-15(30)12-35-16/h5-6,8,10,13-16,21,33H,1-4,7,9,11-12H2,(H,27,34)/t13-,14+,15-,16-/m1/s1. The molecule has 2 atom stereocenters. The number of alkyl halides is 2. The Morgan fingerprint density at radius 2 is 2.09 bits per heavy atom. The van der Waals surface area contributed by atoms with Crippen LogP contribution in [0.2, 0.25) is 0 Å². The molecule has 1 saturated carbocycles. The second-order valence-electron chi connectivity index (χ2n) is 9.63. The zero-order chi connectivity index (χ0) is 24.1. The van der Waals surface area contributed by atoms with Crippen LogP contribution < -0.4 is 10.2 Å². The summed E-state index contributed by atoms with van der Waals surface area (Å²) in [5, 5.41) is 20.3. The van der Waals surface area contributed by atoms with Gasteiger partial charge in [0, 0.05) is 25.5 Å². The number of rotatable bonds is 6. The van der Waals surface area contributed by atoms with Crippen LogP contribution in [0.15, 0.2) is 24.7 Å². The minimum absolute atomic E-state index is 0.0150. The monoisotopic (exact) mass is 487 g/mol. The van der Waals surface area contributed by atoms with E-state index in [1.54, 1.807) is 6.20 Å². The summed E-state index contributed by atoms with van der Waals surface area (Å²) in [6, 6.07) is 2.08. The van der Waals surface area contributed by atoms with Crippen molar-refractivity contribution in [1.29, 1.82) is 0 Å². The van der Waals surface area contributed by atoms with Crippen molar-refractivity contribution >= 4 is 23.1 Å². The fourth-order valence-corrected chi connectivity index (χ4v) is 5.49. The topological polar surface area (TPSA) is 110 Å². The van der Waals surface area contributed by atoms with Gasteiger partial charge in [0.05, 0.1) is 36.7 Å². The third-order valence-electron chi connectivity index (χ3n) is 7.46.